The fraction of sp³-hybridized carbons (Fsp3) is 1.00. The van der Waals surface area contributed by atoms with E-state index in [4.69, 9.17) is 14.3 Å². The predicted molar refractivity (Wildman–Crippen MR) is 83.4 cm³/mol. The first-order valence-electron chi connectivity index (χ1n) is 8.47. The summed E-state index contributed by atoms with van der Waals surface area (Å²) in [6.07, 6.45) is 1.97. The molecule has 0 amide bonds. The zero-order valence-corrected chi connectivity index (χ0v) is 14.8. The number of nitrogens with zero attached hydrogens (tertiary/aromatic N) is 1. The van der Waals surface area contributed by atoms with E-state index >= 15 is 0 Å². The average Bonchev–Trinajstić information content (AvgIpc) is 2.93. The SMILES string of the molecule is CC(C)(C)O[C@@H]1[C@H]2[C@@H](CO)C3(CC3)ON2C[C@H]1OC(C)(C)C. The van der Waals surface area contributed by atoms with Gasteiger partial charge in [0.05, 0.1) is 36.0 Å². The largest absolute Gasteiger partial charge is 0.396 e. The Kier molecular flexibility index (Phi) is 3.90. The molecule has 1 aliphatic carbocycles. The Morgan fingerprint density at radius 2 is 1.68 bits per heavy atom. The second kappa shape index (κ2) is 5.15. The van der Waals surface area contributed by atoms with Crippen molar-refractivity contribution in [3.8, 4) is 0 Å². The molecule has 3 aliphatic rings. The first kappa shape index (κ1) is 16.7. The molecule has 4 atom stereocenters. The van der Waals surface area contributed by atoms with Crippen LogP contribution < -0.4 is 0 Å². The second-order valence-corrected chi connectivity index (χ2v) is 9.00. The summed E-state index contributed by atoms with van der Waals surface area (Å²) in [6.45, 7) is 13.3. The molecule has 0 aromatic heterocycles. The van der Waals surface area contributed by atoms with Crippen molar-refractivity contribution in [1.29, 1.82) is 0 Å². The van der Waals surface area contributed by atoms with Crippen molar-refractivity contribution in [2.45, 2.75) is 89.4 Å². The monoisotopic (exact) mass is 313 g/mol. The number of rotatable bonds is 3. The van der Waals surface area contributed by atoms with Crippen molar-refractivity contribution < 1.29 is 19.4 Å². The maximum Gasteiger partial charge on any atom is 0.104 e. The molecule has 5 heteroatoms. The van der Waals surface area contributed by atoms with Crippen LogP contribution in [0.5, 0.6) is 0 Å². The van der Waals surface area contributed by atoms with Crippen LogP contribution in [0.3, 0.4) is 0 Å². The summed E-state index contributed by atoms with van der Waals surface area (Å²) in [4.78, 5) is 6.19. The number of aliphatic hydroxyl groups is 1. The summed E-state index contributed by atoms with van der Waals surface area (Å²) < 4.78 is 12.6. The molecule has 22 heavy (non-hydrogen) atoms. The van der Waals surface area contributed by atoms with Crippen LogP contribution in [-0.4, -0.2) is 58.4 Å². The number of hydrogen-bond donors (Lipinski definition) is 1. The molecule has 2 saturated heterocycles. The van der Waals surface area contributed by atoms with E-state index in [9.17, 15) is 5.11 Å². The van der Waals surface area contributed by atoms with Gasteiger partial charge in [-0.15, -0.1) is 0 Å². The van der Waals surface area contributed by atoms with Gasteiger partial charge >= 0.3 is 0 Å². The Hall–Kier alpha value is -0.200. The van der Waals surface area contributed by atoms with Crippen LogP contribution in [0.15, 0.2) is 0 Å². The third kappa shape index (κ3) is 3.06. The third-order valence-corrected chi connectivity index (χ3v) is 4.72. The molecule has 3 rings (SSSR count). The van der Waals surface area contributed by atoms with Crippen LogP contribution in [0, 0.1) is 5.92 Å². The van der Waals surface area contributed by atoms with Crippen LogP contribution in [0.4, 0.5) is 0 Å². The topological polar surface area (TPSA) is 51.2 Å². The van der Waals surface area contributed by atoms with Crippen molar-refractivity contribution in [1.82, 2.24) is 5.06 Å². The van der Waals surface area contributed by atoms with E-state index < -0.39 is 0 Å². The Balaban J connectivity index is 1.83. The number of hydroxylamine groups is 2. The minimum Gasteiger partial charge on any atom is -0.396 e. The molecule has 1 N–H and O–H groups in total. The molecule has 1 saturated carbocycles. The fourth-order valence-electron chi connectivity index (χ4n) is 3.90. The average molecular weight is 313 g/mol. The van der Waals surface area contributed by atoms with Crippen LogP contribution in [0.1, 0.15) is 54.4 Å². The summed E-state index contributed by atoms with van der Waals surface area (Å²) in [7, 11) is 0. The van der Waals surface area contributed by atoms with E-state index in [1.54, 1.807) is 0 Å². The molecule has 0 aromatic carbocycles. The van der Waals surface area contributed by atoms with Gasteiger partial charge in [-0.1, -0.05) is 0 Å². The molecule has 2 aliphatic heterocycles. The lowest BCUT2D eigenvalue weighted by molar-refractivity contribution is -0.172. The van der Waals surface area contributed by atoms with E-state index in [1.807, 2.05) is 5.06 Å². The van der Waals surface area contributed by atoms with Gasteiger partial charge in [0.2, 0.25) is 0 Å². The number of hydrogen-bond acceptors (Lipinski definition) is 5. The van der Waals surface area contributed by atoms with Gasteiger partial charge in [-0.25, -0.2) is 0 Å². The lowest BCUT2D eigenvalue weighted by atomic mass is 9.89. The van der Waals surface area contributed by atoms with Gasteiger partial charge in [-0.2, -0.15) is 5.06 Å². The molecule has 2 heterocycles. The Morgan fingerprint density at radius 3 is 2.14 bits per heavy atom. The summed E-state index contributed by atoms with van der Waals surface area (Å²) in [5, 5.41) is 11.9. The number of fused-ring (bicyclic) bond motifs is 1. The van der Waals surface area contributed by atoms with Crippen molar-refractivity contribution in [3.05, 3.63) is 0 Å². The minimum absolute atomic E-state index is 0.0330. The highest BCUT2D eigenvalue weighted by molar-refractivity contribution is 5.14. The molecule has 1 spiro atoms. The minimum atomic E-state index is -0.251. The van der Waals surface area contributed by atoms with Gasteiger partial charge in [0.15, 0.2) is 0 Å². The van der Waals surface area contributed by atoms with Gasteiger partial charge in [-0.05, 0) is 54.4 Å². The van der Waals surface area contributed by atoms with E-state index in [0.717, 1.165) is 12.8 Å². The molecule has 0 bridgehead atoms. The van der Waals surface area contributed by atoms with Gasteiger partial charge in [0.1, 0.15) is 12.2 Å². The fourth-order valence-corrected chi connectivity index (χ4v) is 3.90. The lowest BCUT2D eigenvalue weighted by Crippen LogP contribution is -2.47. The normalized spacial score (nSPS) is 37.8. The molecular formula is C17H31NO4. The smallest absolute Gasteiger partial charge is 0.104 e. The Labute approximate surface area is 133 Å². The van der Waals surface area contributed by atoms with E-state index in [0.29, 0.717) is 6.54 Å². The highest BCUT2D eigenvalue weighted by atomic mass is 16.7. The van der Waals surface area contributed by atoms with Crippen LogP contribution in [0.25, 0.3) is 0 Å². The summed E-state index contributed by atoms with van der Waals surface area (Å²) in [5.74, 6) is 0.119. The Bertz CT molecular complexity index is 421. The number of aliphatic hydroxyl groups excluding tert-OH is 1. The maximum atomic E-state index is 9.92. The molecule has 0 radical (unpaired) electrons. The molecule has 3 fully saturated rings. The quantitative estimate of drug-likeness (QED) is 0.865. The summed E-state index contributed by atoms with van der Waals surface area (Å²) in [5.41, 5.74) is -0.610. The first-order chi connectivity index (χ1) is 10.0. The Morgan fingerprint density at radius 1 is 1.09 bits per heavy atom. The predicted octanol–water partition coefficient (Wildman–Crippen LogP) is 2.12. The van der Waals surface area contributed by atoms with Gasteiger partial charge < -0.3 is 14.6 Å². The second-order valence-electron chi connectivity index (χ2n) is 9.00. The molecule has 0 unspecified atom stereocenters. The van der Waals surface area contributed by atoms with Crippen LogP contribution in [-0.2, 0) is 14.3 Å². The first-order valence-corrected chi connectivity index (χ1v) is 8.47. The molecular weight excluding hydrogens is 282 g/mol. The summed E-state index contributed by atoms with van der Waals surface area (Å²) in [6, 6.07) is 0.0825. The van der Waals surface area contributed by atoms with Crippen molar-refractivity contribution >= 4 is 0 Å². The highest BCUT2D eigenvalue weighted by Crippen LogP contribution is 2.56. The van der Waals surface area contributed by atoms with Crippen LogP contribution in [0.2, 0.25) is 0 Å². The van der Waals surface area contributed by atoms with E-state index in [-0.39, 0.29) is 47.6 Å². The van der Waals surface area contributed by atoms with Crippen LogP contribution >= 0.6 is 0 Å². The van der Waals surface area contributed by atoms with Gasteiger partial charge in [0.25, 0.3) is 0 Å². The van der Waals surface area contributed by atoms with Crippen molar-refractivity contribution in [2.75, 3.05) is 13.2 Å². The van der Waals surface area contributed by atoms with E-state index in [2.05, 4.69) is 41.5 Å². The summed E-state index contributed by atoms with van der Waals surface area (Å²) >= 11 is 0. The lowest BCUT2D eigenvalue weighted by Gasteiger charge is -2.35. The van der Waals surface area contributed by atoms with Crippen molar-refractivity contribution in [2.24, 2.45) is 5.92 Å². The zero-order chi connectivity index (χ0) is 16.3. The highest BCUT2D eigenvalue weighted by Gasteiger charge is 2.67. The molecule has 5 nitrogen and oxygen atoms in total. The maximum absolute atomic E-state index is 9.92. The van der Waals surface area contributed by atoms with Gasteiger partial charge in [-0.3, -0.25) is 4.84 Å². The van der Waals surface area contributed by atoms with Crippen molar-refractivity contribution in [3.63, 3.8) is 0 Å². The van der Waals surface area contributed by atoms with Gasteiger partial charge in [0, 0.05) is 5.92 Å². The molecule has 0 aromatic rings. The van der Waals surface area contributed by atoms with E-state index in [1.165, 1.54) is 0 Å². The zero-order valence-electron chi connectivity index (χ0n) is 14.8. The number of ether oxygens (including phenoxy) is 2. The standard InChI is InChI=1S/C17H31NO4/c1-15(2,3)20-12-9-18-13(14(12)21-16(4,5)6)11(10-19)17(22-18)7-8-17/h11-14,19H,7-10H2,1-6H3/t11-,12-,13-,14+/m1/s1. The molecule has 128 valence electrons. The third-order valence-electron chi connectivity index (χ3n) is 4.72.